The lowest BCUT2D eigenvalue weighted by molar-refractivity contribution is 0.0972. The van der Waals surface area contributed by atoms with Gasteiger partial charge in [0, 0.05) is 12.6 Å². The Kier molecular flexibility index (Phi) is 5.55. The van der Waals surface area contributed by atoms with Crippen molar-refractivity contribution in [2.75, 3.05) is 7.05 Å². The van der Waals surface area contributed by atoms with E-state index in [1.54, 1.807) is 19.4 Å². The van der Waals surface area contributed by atoms with Crippen molar-refractivity contribution in [3.8, 4) is 11.5 Å². The zero-order chi connectivity index (χ0) is 19.2. The molecule has 0 bridgehead atoms. The number of guanidine groups is 1. The molecule has 1 aromatic carbocycles. The lowest BCUT2D eigenvalue weighted by atomic mass is 10.1. The quantitative estimate of drug-likeness (QED) is 0.454. The van der Waals surface area contributed by atoms with Gasteiger partial charge in [-0.1, -0.05) is 17.7 Å². The second kappa shape index (κ2) is 8.22. The molecule has 3 rings (SSSR count). The highest BCUT2D eigenvalue weighted by Crippen LogP contribution is 2.19. The Morgan fingerprint density at radius 2 is 1.89 bits per heavy atom. The Morgan fingerprint density at radius 1 is 1.15 bits per heavy atom. The van der Waals surface area contributed by atoms with Crippen molar-refractivity contribution in [2.45, 2.75) is 20.0 Å². The van der Waals surface area contributed by atoms with E-state index in [9.17, 15) is 4.79 Å². The summed E-state index contributed by atoms with van der Waals surface area (Å²) in [4.78, 5) is 19.7. The summed E-state index contributed by atoms with van der Waals surface area (Å²) in [6.07, 6.45) is 1.61. The fraction of sp³-hybridized carbons (Fsp3) is 0.211. The van der Waals surface area contributed by atoms with Gasteiger partial charge >= 0.3 is 0 Å². The average molecular weight is 367 g/mol. The smallest absolute Gasteiger partial charge is 0.284 e. The Bertz CT molecular complexity index is 940. The molecule has 140 valence electrons. The molecule has 3 aromatic rings. The van der Waals surface area contributed by atoms with E-state index in [-0.39, 0.29) is 5.76 Å². The van der Waals surface area contributed by atoms with Gasteiger partial charge in [-0.15, -0.1) is 0 Å². The maximum atomic E-state index is 11.0. The summed E-state index contributed by atoms with van der Waals surface area (Å²) < 4.78 is 10.9. The number of nitrogens with zero attached hydrogens (tertiary/aromatic N) is 2. The first-order chi connectivity index (χ1) is 13.0. The molecular weight excluding hydrogens is 346 g/mol. The van der Waals surface area contributed by atoms with Crippen molar-refractivity contribution in [3.63, 3.8) is 0 Å². The number of hydrogen-bond donors (Lipinski definition) is 3. The minimum atomic E-state index is -0.598. The lowest BCUT2D eigenvalue weighted by Gasteiger charge is -2.09. The Labute approximate surface area is 156 Å². The highest BCUT2D eigenvalue weighted by Gasteiger charge is 2.09. The molecule has 27 heavy (non-hydrogen) atoms. The van der Waals surface area contributed by atoms with Gasteiger partial charge in [0.2, 0.25) is 5.89 Å². The van der Waals surface area contributed by atoms with Crippen molar-refractivity contribution in [1.29, 1.82) is 0 Å². The fourth-order valence-corrected chi connectivity index (χ4v) is 2.39. The summed E-state index contributed by atoms with van der Waals surface area (Å²) in [6.45, 7) is 2.84. The molecule has 0 unspecified atom stereocenters. The Morgan fingerprint density at radius 3 is 2.56 bits per heavy atom. The van der Waals surface area contributed by atoms with Crippen LogP contribution in [0.2, 0.25) is 0 Å². The van der Waals surface area contributed by atoms with Gasteiger partial charge < -0.3 is 25.2 Å². The molecule has 0 aliphatic rings. The summed E-state index contributed by atoms with van der Waals surface area (Å²) in [5.41, 5.74) is 8.03. The molecule has 0 saturated heterocycles. The summed E-state index contributed by atoms with van der Waals surface area (Å²) >= 11 is 0. The number of hydrogen-bond acceptors (Lipinski definition) is 5. The highest BCUT2D eigenvalue weighted by atomic mass is 16.4. The third kappa shape index (κ3) is 4.75. The molecule has 0 aliphatic heterocycles. The van der Waals surface area contributed by atoms with Gasteiger partial charge in [-0.3, -0.25) is 9.79 Å². The number of oxazole rings is 1. The monoisotopic (exact) mass is 367 g/mol. The Hall–Kier alpha value is -3.55. The number of aryl methyl sites for hydroxylation is 1. The molecule has 0 aliphatic carbocycles. The van der Waals surface area contributed by atoms with E-state index >= 15 is 0 Å². The molecular formula is C19H21N5O3. The average Bonchev–Trinajstić information content (AvgIpc) is 3.32. The zero-order valence-electron chi connectivity index (χ0n) is 15.2. The van der Waals surface area contributed by atoms with Crippen LogP contribution in [0.15, 0.2) is 56.5 Å². The van der Waals surface area contributed by atoms with Crippen LogP contribution in [0.3, 0.4) is 0 Å². The molecule has 8 heteroatoms. The number of furan rings is 1. The van der Waals surface area contributed by atoms with Gasteiger partial charge in [0.05, 0.1) is 18.8 Å². The van der Waals surface area contributed by atoms with Crippen molar-refractivity contribution in [3.05, 3.63) is 65.4 Å². The first-order valence-electron chi connectivity index (χ1n) is 8.39. The van der Waals surface area contributed by atoms with E-state index in [0.29, 0.717) is 30.7 Å². The van der Waals surface area contributed by atoms with E-state index in [1.807, 2.05) is 31.2 Å². The minimum absolute atomic E-state index is 0.126. The second-order valence-corrected chi connectivity index (χ2v) is 5.92. The van der Waals surface area contributed by atoms with Crippen molar-refractivity contribution < 1.29 is 13.6 Å². The van der Waals surface area contributed by atoms with Crippen molar-refractivity contribution >= 4 is 11.9 Å². The maximum absolute atomic E-state index is 11.0. The number of nitrogens with one attached hydrogen (secondary N) is 2. The molecule has 0 spiro atoms. The molecule has 2 aromatic heterocycles. The number of carbonyl (C=O) groups excluding carboxylic acids is 1. The first-order valence-corrected chi connectivity index (χ1v) is 8.39. The molecule has 0 fully saturated rings. The lowest BCUT2D eigenvalue weighted by Crippen LogP contribution is -2.36. The number of amides is 1. The maximum Gasteiger partial charge on any atom is 0.284 e. The van der Waals surface area contributed by atoms with Crippen LogP contribution in [-0.2, 0) is 13.1 Å². The van der Waals surface area contributed by atoms with E-state index in [1.165, 1.54) is 11.6 Å². The largest absolute Gasteiger partial charge is 0.454 e. The number of primary amides is 1. The molecule has 0 saturated carbocycles. The van der Waals surface area contributed by atoms with E-state index < -0.39 is 5.91 Å². The number of aliphatic imine (C=N–C) groups is 1. The zero-order valence-corrected chi connectivity index (χ0v) is 15.2. The van der Waals surface area contributed by atoms with E-state index in [2.05, 4.69) is 20.6 Å². The molecule has 0 radical (unpaired) electrons. The topological polar surface area (TPSA) is 119 Å². The van der Waals surface area contributed by atoms with Crippen molar-refractivity contribution in [1.82, 2.24) is 15.6 Å². The number of nitrogens with two attached hydrogens (primary N) is 1. The third-order valence-corrected chi connectivity index (χ3v) is 3.85. The van der Waals surface area contributed by atoms with Gasteiger partial charge in [0.15, 0.2) is 11.7 Å². The van der Waals surface area contributed by atoms with Crippen LogP contribution in [0.4, 0.5) is 0 Å². The van der Waals surface area contributed by atoms with Crippen LogP contribution >= 0.6 is 0 Å². The van der Waals surface area contributed by atoms with Crippen LogP contribution < -0.4 is 16.4 Å². The summed E-state index contributed by atoms with van der Waals surface area (Å²) in [5.74, 6) is 1.24. The molecule has 2 heterocycles. The fourth-order valence-electron chi connectivity index (χ4n) is 2.39. The minimum Gasteiger partial charge on any atom is -0.454 e. The molecule has 1 amide bonds. The van der Waals surface area contributed by atoms with Crippen LogP contribution in [0.5, 0.6) is 0 Å². The van der Waals surface area contributed by atoms with Crippen molar-refractivity contribution in [2.24, 2.45) is 10.7 Å². The number of rotatable bonds is 6. The number of aromatic nitrogens is 1. The highest BCUT2D eigenvalue weighted by molar-refractivity contribution is 5.89. The standard InChI is InChI=1S/C19H21N5O3/c1-12-3-5-13(6-4-12)18-24-14(11-26-18)9-22-19(21-2)23-10-15-7-8-16(27-15)17(20)25/h3-8,11H,9-10H2,1-2H3,(H2,20,25)(H2,21,22,23). The van der Waals surface area contributed by atoms with Crippen LogP contribution in [0.1, 0.15) is 27.6 Å². The van der Waals surface area contributed by atoms with Gasteiger partial charge in [-0.25, -0.2) is 4.98 Å². The predicted octanol–water partition coefficient (Wildman–Crippen LogP) is 2.21. The van der Waals surface area contributed by atoms with Crippen LogP contribution in [0, 0.1) is 6.92 Å². The summed E-state index contributed by atoms with van der Waals surface area (Å²) in [7, 11) is 1.66. The van der Waals surface area contributed by atoms with Gasteiger partial charge in [0.1, 0.15) is 12.0 Å². The van der Waals surface area contributed by atoms with Gasteiger partial charge in [-0.2, -0.15) is 0 Å². The summed E-state index contributed by atoms with van der Waals surface area (Å²) in [6, 6.07) is 11.2. The number of carbonyl (C=O) groups is 1. The molecule has 4 N–H and O–H groups in total. The first kappa shape index (κ1) is 18.2. The van der Waals surface area contributed by atoms with Gasteiger partial charge in [-0.05, 0) is 31.2 Å². The van der Waals surface area contributed by atoms with E-state index in [4.69, 9.17) is 14.6 Å². The van der Waals surface area contributed by atoms with Gasteiger partial charge in [0.25, 0.3) is 5.91 Å². The SMILES string of the molecule is CN=C(NCc1coc(-c2ccc(C)cc2)n1)NCc1ccc(C(N)=O)o1. The molecule has 8 nitrogen and oxygen atoms in total. The predicted molar refractivity (Wildman–Crippen MR) is 101 cm³/mol. The third-order valence-electron chi connectivity index (χ3n) is 3.85. The Balaban J connectivity index is 1.53. The van der Waals surface area contributed by atoms with Crippen LogP contribution in [-0.4, -0.2) is 23.9 Å². The van der Waals surface area contributed by atoms with Crippen LogP contribution in [0.25, 0.3) is 11.5 Å². The number of benzene rings is 1. The summed E-state index contributed by atoms with van der Waals surface area (Å²) in [5, 5.41) is 6.23. The van der Waals surface area contributed by atoms with E-state index in [0.717, 1.165) is 11.3 Å². The normalized spacial score (nSPS) is 11.4. The second-order valence-electron chi connectivity index (χ2n) is 5.92. The molecule has 0 atom stereocenters.